The van der Waals surface area contributed by atoms with Crippen molar-refractivity contribution in [3.63, 3.8) is 0 Å². The van der Waals surface area contributed by atoms with Crippen LogP contribution in [0.1, 0.15) is 37.3 Å². The molecule has 1 aromatic rings. The number of aliphatic hydroxyl groups is 1. The highest BCUT2D eigenvalue weighted by Gasteiger charge is 2.15. The molecule has 0 bridgehead atoms. The van der Waals surface area contributed by atoms with Crippen LogP contribution < -0.4 is 5.32 Å². The van der Waals surface area contributed by atoms with Crippen molar-refractivity contribution in [2.75, 3.05) is 33.4 Å². The second-order valence-electron chi connectivity index (χ2n) is 6.52. The lowest BCUT2D eigenvalue weighted by atomic mass is 9.96. The van der Waals surface area contributed by atoms with Crippen LogP contribution in [0.2, 0.25) is 0 Å². The zero-order chi connectivity index (χ0) is 18.1. The molecular formula is C19H30FN3O2. The van der Waals surface area contributed by atoms with Gasteiger partial charge in [0.2, 0.25) is 0 Å². The van der Waals surface area contributed by atoms with Gasteiger partial charge in [-0.1, -0.05) is 6.07 Å². The molecule has 0 spiro atoms. The van der Waals surface area contributed by atoms with Crippen molar-refractivity contribution in [3.05, 3.63) is 35.1 Å². The van der Waals surface area contributed by atoms with Crippen molar-refractivity contribution in [1.29, 1.82) is 0 Å². The lowest BCUT2D eigenvalue weighted by molar-refractivity contribution is 0.0625. The van der Waals surface area contributed by atoms with E-state index in [-0.39, 0.29) is 12.4 Å². The average molecular weight is 351 g/mol. The maximum atomic E-state index is 13.5. The summed E-state index contributed by atoms with van der Waals surface area (Å²) in [6.45, 7) is 5.70. The van der Waals surface area contributed by atoms with Crippen LogP contribution in [0.15, 0.2) is 23.2 Å². The van der Waals surface area contributed by atoms with Crippen molar-refractivity contribution in [1.82, 2.24) is 10.2 Å². The van der Waals surface area contributed by atoms with E-state index in [1.807, 2.05) is 14.0 Å². The molecule has 1 saturated heterocycles. The minimum Gasteiger partial charge on any atom is -0.392 e. The van der Waals surface area contributed by atoms with E-state index in [1.165, 1.54) is 6.07 Å². The fourth-order valence-electron chi connectivity index (χ4n) is 3.00. The summed E-state index contributed by atoms with van der Waals surface area (Å²) >= 11 is 0. The summed E-state index contributed by atoms with van der Waals surface area (Å²) in [4.78, 5) is 6.80. The molecule has 0 aromatic heterocycles. The summed E-state index contributed by atoms with van der Waals surface area (Å²) in [5.74, 6) is 1.20. The van der Waals surface area contributed by atoms with Gasteiger partial charge in [0.25, 0.3) is 0 Å². The van der Waals surface area contributed by atoms with Crippen molar-refractivity contribution in [2.24, 2.45) is 10.9 Å². The SMILES string of the molecule is CCNC(=NCc1ccc(F)c(CO)c1)N(C)CCC1CCOCC1. The number of rotatable bonds is 7. The van der Waals surface area contributed by atoms with Gasteiger partial charge in [0.15, 0.2) is 5.96 Å². The summed E-state index contributed by atoms with van der Waals surface area (Å²) in [6.07, 6.45) is 3.41. The Hall–Kier alpha value is -1.66. The maximum absolute atomic E-state index is 13.5. The smallest absolute Gasteiger partial charge is 0.193 e. The van der Waals surface area contributed by atoms with Gasteiger partial charge in [-0.2, -0.15) is 0 Å². The fourth-order valence-corrected chi connectivity index (χ4v) is 3.00. The Balaban J connectivity index is 1.94. The number of halogens is 1. The van der Waals surface area contributed by atoms with Crippen LogP contribution in [0.25, 0.3) is 0 Å². The lowest BCUT2D eigenvalue weighted by Gasteiger charge is -2.26. The first kappa shape index (κ1) is 19.7. The van der Waals surface area contributed by atoms with Crippen molar-refractivity contribution >= 4 is 5.96 Å². The Labute approximate surface area is 149 Å². The second-order valence-corrected chi connectivity index (χ2v) is 6.52. The molecule has 5 nitrogen and oxygen atoms in total. The highest BCUT2D eigenvalue weighted by Crippen LogP contribution is 2.18. The maximum Gasteiger partial charge on any atom is 0.193 e. The molecule has 0 amide bonds. The highest BCUT2D eigenvalue weighted by molar-refractivity contribution is 5.79. The topological polar surface area (TPSA) is 57.1 Å². The van der Waals surface area contributed by atoms with E-state index in [0.29, 0.717) is 12.1 Å². The zero-order valence-corrected chi connectivity index (χ0v) is 15.3. The molecule has 1 heterocycles. The Morgan fingerprint density at radius 1 is 1.40 bits per heavy atom. The third kappa shape index (κ3) is 6.29. The van der Waals surface area contributed by atoms with Gasteiger partial charge < -0.3 is 20.1 Å². The normalized spacial score (nSPS) is 16.1. The summed E-state index contributed by atoms with van der Waals surface area (Å²) in [5.41, 5.74) is 1.20. The number of ether oxygens (including phenoxy) is 1. The van der Waals surface area contributed by atoms with Crippen molar-refractivity contribution < 1.29 is 14.2 Å². The van der Waals surface area contributed by atoms with Gasteiger partial charge in [-0.25, -0.2) is 9.38 Å². The summed E-state index contributed by atoms with van der Waals surface area (Å²) < 4.78 is 18.9. The van der Waals surface area contributed by atoms with Crippen LogP contribution in [-0.4, -0.2) is 49.3 Å². The molecule has 2 N–H and O–H groups in total. The van der Waals surface area contributed by atoms with E-state index in [9.17, 15) is 9.50 Å². The number of guanidine groups is 1. The molecular weight excluding hydrogens is 321 g/mol. The molecule has 140 valence electrons. The molecule has 6 heteroatoms. The molecule has 25 heavy (non-hydrogen) atoms. The van der Waals surface area contributed by atoms with Gasteiger partial charge in [-0.3, -0.25) is 0 Å². The Kier molecular flexibility index (Phi) is 8.15. The van der Waals surface area contributed by atoms with Crippen molar-refractivity contribution in [2.45, 2.75) is 39.3 Å². The number of hydrogen-bond donors (Lipinski definition) is 2. The van der Waals surface area contributed by atoms with E-state index in [1.54, 1.807) is 12.1 Å². The molecule has 0 atom stereocenters. The van der Waals surface area contributed by atoms with Crippen LogP contribution in [0.3, 0.4) is 0 Å². The van der Waals surface area contributed by atoms with E-state index >= 15 is 0 Å². The first-order valence-corrected chi connectivity index (χ1v) is 9.09. The first-order chi connectivity index (χ1) is 12.1. The van der Waals surface area contributed by atoms with E-state index in [0.717, 1.165) is 63.0 Å². The number of aliphatic hydroxyl groups excluding tert-OH is 1. The van der Waals surface area contributed by atoms with Gasteiger partial charge in [-0.15, -0.1) is 0 Å². The van der Waals surface area contributed by atoms with Gasteiger partial charge in [0, 0.05) is 38.9 Å². The fraction of sp³-hybridized carbons (Fsp3) is 0.632. The first-order valence-electron chi connectivity index (χ1n) is 9.09. The average Bonchev–Trinajstić information content (AvgIpc) is 2.65. The van der Waals surface area contributed by atoms with E-state index < -0.39 is 0 Å². The monoisotopic (exact) mass is 351 g/mol. The number of nitrogens with zero attached hydrogens (tertiary/aromatic N) is 2. The summed E-state index contributed by atoms with van der Waals surface area (Å²) in [5, 5.41) is 12.5. The van der Waals surface area contributed by atoms with Crippen LogP contribution >= 0.6 is 0 Å². The molecule has 1 aliphatic heterocycles. The van der Waals surface area contributed by atoms with Gasteiger partial charge in [-0.05, 0) is 49.8 Å². The van der Waals surface area contributed by atoms with Crippen LogP contribution in [-0.2, 0) is 17.9 Å². The molecule has 0 saturated carbocycles. The van der Waals surface area contributed by atoms with Crippen molar-refractivity contribution in [3.8, 4) is 0 Å². The molecule has 0 aliphatic carbocycles. The van der Waals surface area contributed by atoms with Gasteiger partial charge in [0.1, 0.15) is 5.82 Å². The number of aliphatic imine (C=N–C) groups is 1. The summed E-state index contributed by atoms with van der Waals surface area (Å²) in [7, 11) is 2.05. The molecule has 0 radical (unpaired) electrons. The minimum atomic E-state index is -0.379. The van der Waals surface area contributed by atoms with Crippen LogP contribution in [0.4, 0.5) is 4.39 Å². The Morgan fingerprint density at radius 3 is 2.84 bits per heavy atom. The lowest BCUT2D eigenvalue weighted by Crippen LogP contribution is -2.40. The molecule has 1 fully saturated rings. The Morgan fingerprint density at radius 2 is 2.16 bits per heavy atom. The van der Waals surface area contributed by atoms with Gasteiger partial charge >= 0.3 is 0 Å². The standard InChI is InChI=1S/C19H30FN3O2/c1-3-21-19(23(2)9-6-15-7-10-25-11-8-15)22-13-16-4-5-18(20)17(12-16)14-24/h4-5,12,15,24H,3,6-11,13-14H2,1-2H3,(H,21,22). The quantitative estimate of drug-likeness (QED) is 0.585. The third-order valence-electron chi connectivity index (χ3n) is 4.60. The summed E-state index contributed by atoms with van der Waals surface area (Å²) in [6, 6.07) is 4.77. The number of benzene rings is 1. The second kappa shape index (κ2) is 10.4. The predicted molar refractivity (Wildman–Crippen MR) is 97.9 cm³/mol. The molecule has 0 unspecified atom stereocenters. The largest absolute Gasteiger partial charge is 0.392 e. The highest BCUT2D eigenvalue weighted by atomic mass is 19.1. The van der Waals surface area contributed by atoms with Gasteiger partial charge in [0.05, 0.1) is 13.2 Å². The number of hydrogen-bond acceptors (Lipinski definition) is 3. The van der Waals surface area contributed by atoms with E-state index in [4.69, 9.17) is 4.74 Å². The van der Waals surface area contributed by atoms with E-state index in [2.05, 4.69) is 15.2 Å². The molecule has 2 rings (SSSR count). The minimum absolute atomic E-state index is 0.297. The predicted octanol–water partition coefficient (Wildman–Crippen LogP) is 2.53. The van der Waals surface area contributed by atoms with Crippen LogP contribution in [0, 0.1) is 11.7 Å². The molecule has 1 aromatic carbocycles. The van der Waals surface area contributed by atoms with Crippen LogP contribution in [0.5, 0.6) is 0 Å². The Bertz CT molecular complexity index is 560. The molecule has 1 aliphatic rings. The zero-order valence-electron chi connectivity index (χ0n) is 15.3. The number of nitrogens with one attached hydrogen (secondary N) is 1. The third-order valence-corrected chi connectivity index (χ3v) is 4.60.